The highest BCUT2D eigenvalue weighted by atomic mass is 16.3. The molecule has 15 heavy (non-hydrogen) atoms. The SMILES string of the molecule is Cc1cc(-c2cccc(O)c2N)ccn1. The Morgan fingerprint density at radius 1 is 1.27 bits per heavy atom. The molecule has 0 aliphatic heterocycles. The van der Waals surface area contributed by atoms with E-state index in [9.17, 15) is 5.11 Å². The minimum atomic E-state index is 0.113. The molecule has 0 unspecified atom stereocenters. The van der Waals surface area contributed by atoms with Crippen LogP contribution in [0.15, 0.2) is 36.5 Å². The van der Waals surface area contributed by atoms with Gasteiger partial charge in [-0.3, -0.25) is 4.98 Å². The normalized spacial score (nSPS) is 10.2. The fourth-order valence-electron chi connectivity index (χ4n) is 1.52. The molecule has 2 rings (SSSR count). The van der Waals surface area contributed by atoms with E-state index < -0.39 is 0 Å². The zero-order valence-electron chi connectivity index (χ0n) is 8.44. The van der Waals surface area contributed by atoms with E-state index in [4.69, 9.17) is 5.73 Å². The standard InChI is InChI=1S/C12H12N2O/c1-8-7-9(5-6-14-8)10-3-2-4-11(15)12(10)13/h2-7,15H,13H2,1H3. The van der Waals surface area contributed by atoms with Gasteiger partial charge in [-0.05, 0) is 30.7 Å². The minimum absolute atomic E-state index is 0.113. The van der Waals surface area contributed by atoms with Crippen LogP contribution in [0.25, 0.3) is 11.1 Å². The number of benzene rings is 1. The number of rotatable bonds is 1. The Kier molecular flexibility index (Phi) is 2.29. The molecular weight excluding hydrogens is 188 g/mol. The Bertz CT molecular complexity index is 495. The molecule has 0 aliphatic rings. The summed E-state index contributed by atoms with van der Waals surface area (Å²) in [5, 5.41) is 9.49. The number of aromatic nitrogens is 1. The van der Waals surface area contributed by atoms with Gasteiger partial charge in [0.2, 0.25) is 0 Å². The average Bonchev–Trinajstić information content (AvgIpc) is 2.22. The molecule has 0 fully saturated rings. The maximum atomic E-state index is 9.49. The number of nitrogens with zero attached hydrogens (tertiary/aromatic N) is 1. The molecule has 0 saturated heterocycles. The fourth-order valence-corrected chi connectivity index (χ4v) is 1.52. The first-order valence-electron chi connectivity index (χ1n) is 4.69. The first-order chi connectivity index (χ1) is 7.18. The van der Waals surface area contributed by atoms with Gasteiger partial charge in [-0.25, -0.2) is 0 Å². The van der Waals surface area contributed by atoms with Crippen LogP contribution in [0.2, 0.25) is 0 Å². The van der Waals surface area contributed by atoms with Gasteiger partial charge in [-0.15, -0.1) is 0 Å². The molecule has 3 nitrogen and oxygen atoms in total. The summed E-state index contributed by atoms with van der Waals surface area (Å²) in [5.41, 5.74) is 8.93. The van der Waals surface area contributed by atoms with Crippen LogP contribution in [0.5, 0.6) is 5.75 Å². The van der Waals surface area contributed by atoms with Crippen molar-refractivity contribution in [3.8, 4) is 16.9 Å². The maximum absolute atomic E-state index is 9.49. The third-order valence-electron chi connectivity index (χ3n) is 2.29. The highest BCUT2D eigenvalue weighted by molar-refractivity contribution is 5.80. The largest absolute Gasteiger partial charge is 0.506 e. The van der Waals surface area contributed by atoms with E-state index in [0.717, 1.165) is 16.8 Å². The predicted molar refractivity (Wildman–Crippen MR) is 60.5 cm³/mol. The van der Waals surface area contributed by atoms with Crippen LogP contribution >= 0.6 is 0 Å². The second-order valence-corrected chi connectivity index (χ2v) is 3.42. The molecule has 1 aromatic carbocycles. The maximum Gasteiger partial charge on any atom is 0.139 e. The lowest BCUT2D eigenvalue weighted by atomic mass is 10.0. The van der Waals surface area contributed by atoms with Gasteiger partial charge in [0.05, 0.1) is 5.69 Å². The lowest BCUT2D eigenvalue weighted by molar-refractivity contribution is 0.478. The van der Waals surface area contributed by atoms with Crippen LogP contribution in [0, 0.1) is 6.92 Å². The number of aryl methyl sites for hydroxylation is 1. The molecule has 76 valence electrons. The lowest BCUT2D eigenvalue weighted by Crippen LogP contribution is -1.91. The van der Waals surface area contributed by atoms with Crippen LogP contribution in [0.4, 0.5) is 5.69 Å². The smallest absolute Gasteiger partial charge is 0.139 e. The van der Waals surface area contributed by atoms with Gasteiger partial charge in [0.25, 0.3) is 0 Å². The van der Waals surface area contributed by atoms with Crippen molar-refractivity contribution in [2.24, 2.45) is 0 Å². The van der Waals surface area contributed by atoms with Crippen molar-refractivity contribution in [2.45, 2.75) is 6.92 Å². The predicted octanol–water partition coefficient (Wildman–Crippen LogP) is 2.34. The number of phenolic OH excluding ortho intramolecular Hbond substituents is 1. The molecule has 3 N–H and O–H groups in total. The number of hydrogen-bond acceptors (Lipinski definition) is 3. The number of hydrogen-bond donors (Lipinski definition) is 2. The van der Waals surface area contributed by atoms with E-state index in [0.29, 0.717) is 5.69 Å². The van der Waals surface area contributed by atoms with E-state index in [1.54, 1.807) is 18.3 Å². The van der Waals surface area contributed by atoms with Crippen molar-refractivity contribution in [3.05, 3.63) is 42.2 Å². The Balaban J connectivity index is 2.59. The number of anilines is 1. The summed E-state index contributed by atoms with van der Waals surface area (Å²) in [6, 6.07) is 9.04. The highest BCUT2D eigenvalue weighted by Gasteiger charge is 2.05. The summed E-state index contributed by atoms with van der Waals surface area (Å²) in [5.74, 6) is 0.113. The molecule has 1 aromatic heterocycles. The Morgan fingerprint density at radius 3 is 2.80 bits per heavy atom. The van der Waals surface area contributed by atoms with Gasteiger partial charge >= 0.3 is 0 Å². The Morgan fingerprint density at radius 2 is 2.07 bits per heavy atom. The van der Waals surface area contributed by atoms with Crippen molar-refractivity contribution >= 4 is 5.69 Å². The lowest BCUT2D eigenvalue weighted by Gasteiger charge is -2.07. The van der Waals surface area contributed by atoms with Crippen LogP contribution < -0.4 is 5.73 Å². The zero-order valence-corrected chi connectivity index (χ0v) is 8.44. The van der Waals surface area contributed by atoms with Gasteiger partial charge in [0, 0.05) is 17.5 Å². The summed E-state index contributed by atoms with van der Waals surface area (Å²) in [7, 11) is 0. The van der Waals surface area contributed by atoms with Gasteiger partial charge < -0.3 is 10.8 Å². The van der Waals surface area contributed by atoms with Gasteiger partial charge in [0.1, 0.15) is 5.75 Å². The van der Waals surface area contributed by atoms with Crippen LogP contribution in [-0.4, -0.2) is 10.1 Å². The molecule has 0 spiro atoms. The topological polar surface area (TPSA) is 59.1 Å². The summed E-state index contributed by atoms with van der Waals surface area (Å²) < 4.78 is 0. The monoisotopic (exact) mass is 200 g/mol. The number of para-hydroxylation sites is 1. The Hall–Kier alpha value is -2.03. The van der Waals surface area contributed by atoms with Crippen molar-refractivity contribution in [1.82, 2.24) is 4.98 Å². The molecule has 0 bridgehead atoms. The van der Waals surface area contributed by atoms with E-state index >= 15 is 0 Å². The summed E-state index contributed by atoms with van der Waals surface area (Å²) >= 11 is 0. The molecule has 0 amide bonds. The molecule has 0 aliphatic carbocycles. The Labute approximate surface area is 88.2 Å². The van der Waals surface area contributed by atoms with Gasteiger partial charge in [-0.2, -0.15) is 0 Å². The number of phenols is 1. The summed E-state index contributed by atoms with van der Waals surface area (Å²) in [4.78, 5) is 4.11. The number of nitrogens with two attached hydrogens (primary N) is 1. The third-order valence-corrected chi connectivity index (χ3v) is 2.29. The molecular formula is C12H12N2O. The first-order valence-corrected chi connectivity index (χ1v) is 4.69. The van der Waals surface area contributed by atoms with Crippen LogP contribution in [-0.2, 0) is 0 Å². The van der Waals surface area contributed by atoms with Crippen molar-refractivity contribution < 1.29 is 5.11 Å². The first kappa shape index (κ1) is 9.52. The molecule has 3 heteroatoms. The van der Waals surface area contributed by atoms with E-state index in [2.05, 4.69) is 4.98 Å². The second kappa shape index (κ2) is 3.61. The number of pyridine rings is 1. The van der Waals surface area contributed by atoms with Crippen molar-refractivity contribution in [1.29, 1.82) is 0 Å². The average molecular weight is 200 g/mol. The molecule has 0 saturated carbocycles. The molecule has 0 radical (unpaired) electrons. The van der Waals surface area contributed by atoms with Crippen molar-refractivity contribution in [2.75, 3.05) is 5.73 Å². The summed E-state index contributed by atoms with van der Waals surface area (Å²) in [6.45, 7) is 1.92. The molecule has 2 aromatic rings. The van der Waals surface area contributed by atoms with Crippen molar-refractivity contribution in [3.63, 3.8) is 0 Å². The van der Waals surface area contributed by atoms with Crippen LogP contribution in [0.1, 0.15) is 5.69 Å². The quantitative estimate of drug-likeness (QED) is 0.548. The van der Waals surface area contributed by atoms with E-state index in [1.807, 2.05) is 25.1 Å². The number of nitrogen functional groups attached to an aromatic ring is 1. The number of aromatic hydroxyl groups is 1. The second-order valence-electron chi connectivity index (χ2n) is 3.42. The fraction of sp³-hybridized carbons (Fsp3) is 0.0833. The molecule has 0 atom stereocenters. The third kappa shape index (κ3) is 1.76. The van der Waals surface area contributed by atoms with E-state index in [1.165, 1.54) is 0 Å². The minimum Gasteiger partial charge on any atom is -0.506 e. The van der Waals surface area contributed by atoms with Crippen LogP contribution in [0.3, 0.4) is 0 Å². The zero-order chi connectivity index (χ0) is 10.8. The van der Waals surface area contributed by atoms with Gasteiger partial charge in [-0.1, -0.05) is 12.1 Å². The van der Waals surface area contributed by atoms with Gasteiger partial charge in [0.15, 0.2) is 0 Å². The summed E-state index contributed by atoms with van der Waals surface area (Å²) in [6.07, 6.45) is 1.73. The molecule has 1 heterocycles. The van der Waals surface area contributed by atoms with E-state index in [-0.39, 0.29) is 5.75 Å². The highest BCUT2D eigenvalue weighted by Crippen LogP contribution is 2.32.